The van der Waals surface area contributed by atoms with Gasteiger partial charge in [0.15, 0.2) is 0 Å². The molecule has 0 bridgehead atoms. The summed E-state index contributed by atoms with van der Waals surface area (Å²) in [7, 11) is 0. The van der Waals surface area contributed by atoms with Crippen molar-refractivity contribution in [3.63, 3.8) is 0 Å². The van der Waals surface area contributed by atoms with Crippen LogP contribution in [0.1, 0.15) is 57.1 Å². The monoisotopic (exact) mass is 231 g/mol. The van der Waals surface area contributed by atoms with Crippen molar-refractivity contribution < 1.29 is 4.42 Å². The van der Waals surface area contributed by atoms with Gasteiger partial charge in [-0.2, -0.15) is 0 Å². The second-order valence-electron chi connectivity index (χ2n) is 3.76. The van der Waals surface area contributed by atoms with Crippen LogP contribution < -0.4 is 5.73 Å². The lowest BCUT2D eigenvalue weighted by molar-refractivity contribution is 0.418. The summed E-state index contributed by atoms with van der Waals surface area (Å²) < 4.78 is 5.60. The standard InChI is InChI=1S/C12H21NO.ClH/c1-3-5-6-7-11(13)12-9-8-10(4-2)14-12;/h8-9,11H,3-7,13H2,1-2H3;1H/t11-;/m0./s1. The van der Waals surface area contributed by atoms with Gasteiger partial charge in [0.25, 0.3) is 0 Å². The Hall–Kier alpha value is -0.470. The molecule has 0 aromatic carbocycles. The van der Waals surface area contributed by atoms with Crippen LogP contribution in [-0.2, 0) is 6.42 Å². The van der Waals surface area contributed by atoms with Crippen molar-refractivity contribution in [2.75, 3.05) is 0 Å². The molecule has 0 aliphatic rings. The van der Waals surface area contributed by atoms with Crippen molar-refractivity contribution in [2.45, 2.75) is 52.0 Å². The number of unbranched alkanes of at least 4 members (excludes halogenated alkanes) is 2. The Morgan fingerprint density at radius 2 is 2.00 bits per heavy atom. The largest absolute Gasteiger partial charge is 0.464 e. The Morgan fingerprint density at radius 3 is 2.53 bits per heavy atom. The first-order chi connectivity index (χ1) is 6.77. The Morgan fingerprint density at radius 1 is 1.27 bits per heavy atom. The van der Waals surface area contributed by atoms with Gasteiger partial charge in [-0.25, -0.2) is 0 Å². The average molecular weight is 232 g/mol. The van der Waals surface area contributed by atoms with E-state index in [0.29, 0.717) is 0 Å². The molecule has 88 valence electrons. The maximum atomic E-state index is 6.01. The van der Waals surface area contributed by atoms with Crippen molar-refractivity contribution in [3.8, 4) is 0 Å². The van der Waals surface area contributed by atoms with Crippen LogP contribution in [0, 0.1) is 0 Å². The number of halogens is 1. The second kappa shape index (κ2) is 7.77. The van der Waals surface area contributed by atoms with E-state index < -0.39 is 0 Å². The minimum absolute atomic E-state index is 0. The minimum atomic E-state index is 0. The molecule has 1 aromatic rings. The summed E-state index contributed by atoms with van der Waals surface area (Å²) in [6.07, 6.45) is 5.67. The summed E-state index contributed by atoms with van der Waals surface area (Å²) in [4.78, 5) is 0. The molecule has 1 atom stereocenters. The van der Waals surface area contributed by atoms with Gasteiger partial charge < -0.3 is 10.2 Å². The topological polar surface area (TPSA) is 39.2 Å². The predicted octanol–water partition coefficient (Wildman–Crippen LogP) is 3.84. The smallest absolute Gasteiger partial charge is 0.120 e. The van der Waals surface area contributed by atoms with E-state index in [4.69, 9.17) is 10.2 Å². The third-order valence-corrected chi connectivity index (χ3v) is 2.52. The summed E-state index contributed by atoms with van der Waals surface area (Å²) in [5.74, 6) is 1.98. The summed E-state index contributed by atoms with van der Waals surface area (Å²) in [5, 5.41) is 0. The summed E-state index contributed by atoms with van der Waals surface area (Å²) in [6, 6.07) is 4.12. The molecule has 1 aromatic heterocycles. The Kier molecular flexibility index (Phi) is 7.53. The van der Waals surface area contributed by atoms with Crippen LogP contribution in [-0.4, -0.2) is 0 Å². The molecule has 2 N–H and O–H groups in total. The first-order valence-corrected chi connectivity index (χ1v) is 5.62. The molecule has 1 rings (SSSR count). The zero-order valence-electron chi connectivity index (χ0n) is 9.66. The molecule has 0 spiro atoms. The van der Waals surface area contributed by atoms with E-state index in [2.05, 4.69) is 13.8 Å². The van der Waals surface area contributed by atoms with Gasteiger partial charge in [-0.05, 0) is 18.6 Å². The van der Waals surface area contributed by atoms with Crippen molar-refractivity contribution in [3.05, 3.63) is 23.7 Å². The van der Waals surface area contributed by atoms with Gasteiger partial charge in [0, 0.05) is 6.42 Å². The van der Waals surface area contributed by atoms with Gasteiger partial charge >= 0.3 is 0 Å². The van der Waals surface area contributed by atoms with E-state index in [1.165, 1.54) is 19.3 Å². The Labute approximate surface area is 98.6 Å². The highest BCUT2D eigenvalue weighted by molar-refractivity contribution is 5.85. The van der Waals surface area contributed by atoms with Gasteiger partial charge in [0.05, 0.1) is 6.04 Å². The molecule has 15 heavy (non-hydrogen) atoms. The zero-order valence-corrected chi connectivity index (χ0v) is 10.5. The molecule has 0 fully saturated rings. The van der Waals surface area contributed by atoms with Crippen molar-refractivity contribution in [1.82, 2.24) is 0 Å². The first-order valence-electron chi connectivity index (χ1n) is 5.62. The molecule has 0 amide bonds. The first kappa shape index (κ1) is 14.5. The number of nitrogens with two attached hydrogens (primary N) is 1. The molecular formula is C12H22ClNO. The zero-order chi connectivity index (χ0) is 10.4. The fourth-order valence-corrected chi connectivity index (χ4v) is 1.54. The van der Waals surface area contributed by atoms with Gasteiger partial charge in [0.1, 0.15) is 11.5 Å². The van der Waals surface area contributed by atoms with Crippen LogP contribution in [0.2, 0.25) is 0 Å². The number of furan rings is 1. The van der Waals surface area contributed by atoms with Crippen LogP contribution in [0.25, 0.3) is 0 Å². The molecule has 0 saturated heterocycles. The van der Waals surface area contributed by atoms with E-state index in [1.807, 2.05) is 12.1 Å². The van der Waals surface area contributed by atoms with Gasteiger partial charge in [-0.3, -0.25) is 0 Å². The third-order valence-electron chi connectivity index (χ3n) is 2.52. The maximum Gasteiger partial charge on any atom is 0.120 e. The summed E-state index contributed by atoms with van der Waals surface area (Å²) in [6.45, 7) is 4.29. The molecule has 0 aliphatic heterocycles. The second-order valence-corrected chi connectivity index (χ2v) is 3.76. The van der Waals surface area contributed by atoms with Crippen molar-refractivity contribution in [2.24, 2.45) is 5.73 Å². The summed E-state index contributed by atoms with van der Waals surface area (Å²) in [5.41, 5.74) is 6.01. The van der Waals surface area contributed by atoms with Crippen LogP contribution >= 0.6 is 12.4 Å². The summed E-state index contributed by atoms with van der Waals surface area (Å²) >= 11 is 0. The predicted molar refractivity (Wildman–Crippen MR) is 66.4 cm³/mol. The molecule has 2 nitrogen and oxygen atoms in total. The van der Waals surface area contributed by atoms with E-state index in [-0.39, 0.29) is 18.4 Å². The number of aryl methyl sites for hydroxylation is 1. The van der Waals surface area contributed by atoms with Gasteiger partial charge in [-0.1, -0.05) is 33.1 Å². The number of hydrogen-bond acceptors (Lipinski definition) is 2. The fourth-order valence-electron chi connectivity index (χ4n) is 1.54. The lowest BCUT2D eigenvalue weighted by Crippen LogP contribution is -2.08. The van der Waals surface area contributed by atoms with Crippen LogP contribution in [0.15, 0.2) is 16.5 Å². The van der Waals surface area contributed by atoms with Crippen LogP contribution in [0.3, 0.4) is 0 Å². The molecule has 0 saturated carbocycles. The third kappa shape index (κ3) is 4.72. The Bertz CT molecular complexity index is 260. The minimum Gasteiger partial charge on any atom is -0.464 e. The number of hydrogen-bond donors (Lipinski definition) is 1. The molecule has 1 heterocycles. The quantitative estimate of drug-likeness (QED) is 0.756. The SMILES string of the molecule is CCCCC[C@H](N)c1ccc(CC)o1.Cl. The van der Waals surface area contributed by atoms with E-state index in [1.54, 1.807) is 0 Å². The van der Waals surface area contributed by atoms with Crippen molar-refractivity contribution in [1.29, 1.82) is 0 Å². The highest BCUT2D eigenvalue weighted by atomic mass is 35.5. The van der Waals surface area contributed by atoms with Gasteiger partial charge in [0.2, 0.25) is 0 Å². The lowest BCUT2D eigenvalue weighted by atomic mass is 10.1. The van der Waals surface area contributed by atoms with E-state index in [0.717, 1.165) is 24.4 Å². The maximum absolute atomic E-state index is 6.01. The molecule has 0 aliphatic carbocycles. The molecule has 0 unspecified atom stereocenters. The van der Waals surface area contributed by atoms with Crippen LogP contribution in [0.4, 0.5) is 0 Å². The fraction of sp³-hybridized carbons (Fsp3) is 0.667. The van der Waals surface area contributed by atoms with E-state index in [9.17, 15) is 0 Å². The lowest BCUT2D eigenvalue weighted by Gasteiger charge is -2.07. The Balaban J connectivity index is 0.00000196. The van der Waals surface area contributed by atoms with Crippen LogP contribution in [0.5, 0.6) is 0 Å². The average Bonchev–Trinajstić information content (AvgIpc) is 2.66. The van der Waals surface area contributed by atoms with Gasteiger partial charge in [-0.15, -0.1) is 12.4 Å². The highest BCUT2D eigenvalue weighted by Gasteiger charge is 2.09. The van der Waals surface area contributed by atoms with Crippen molar-refractivity contribution >= 4 is 12.4 Å². The molecular weight excluding hydrogens is 210 g/mol. The van der Waals surface area contributed by atoms with E-state index >= 15 is 0 Å². The molecule has 0 radical (unpaired) electrons. The molecule has 3 heteroatoms. The highest BCUT2D eigenvalue weighted by Crippen LogP contribution is 2.20. The number of rotatable bonds is 6. The normalized spacial score (nSPS) is 12.2.